The maximum absolute atomic E-state index is 12.3. The summed E-state index contributed by atoms with van der Waals surface area (Å²) >= 11 is 0. The second-order valence-corrected chi connectivity index (χ2v) is 4.15. The van der Waals surface area contributed by atoms with Gasteiger partial charge < -0.3 is 14.2 Å². The minimum absolute atomic E-state index is 0.158. The fourth-order valence-corrected chi connectivity index (χ4v) is 1.99. The number of carbonyl (C=O) groups is 2. The molecule has 1 rings (SSSR count). The number of carbonyl (C=O) groups excluding carboxylic acids is 2. The van der Waals surface area contributed by atoms with Gasteiger partial charge in [-0.1, -0.05) is 0 Å². The summed E-state index contributed by atoms with van der Waals surface area (Å²) in [5, 5.41) is 0. The molecule has 0 radical (unpaired) electrons. The van der Waals surface area contributed by atoms with Crippen molar-refractivity contribution in [1.29, 1.82) is 0 Å². The van der Waals surface area contributed by atoms with Gasteiger partial charge in [0.15, 0.2) is 0 Å². The van der Waals surface area contributed by atoms with Crippen LogP contribution in [-0.2, 0) is 0 Å². The summed E-state index contributed by atoms with van der Waals surface area (Å²) in [5.41, 5.74) is 0.696. The van der Waals surface area contributed by atoms with E-state index in [1.165, 1.54) is 12.5 Å². The van der Waals surface area contributed by atoms with Gasteiger partial charge in [-0.25, -0.2) is 0 Å². The molecule has 0 aliphatic heterocycles. The molecule has 0 spiro atoms. The van der Waals surface area contributed by atoms with Crippen LogP contribution in [0.15, 0.2) is 16.9 Å². The second-order valence-electron chi connectivity index (χ2n) is 4.15. The van der Waals surface area contributed by atoms with Gasteiger partial charge in [-0.3, -0.25) is 9.59 Å². The Bertz CT molecular complexity index is 393. The highest BCUT2D eigenvalue weighted by atomic mass is 16.3. The van der Waals surface area contributed by atoms with Crippen molar-refractivity contribution in [1.82, 2.24) is 9.80 Å². The molecule has 0 atom stereocenters. The van der Waals surface area contributed by atoms with Crippen molar-refractivity contribution >= 4 is 11.8 Å². The fraction of sp³-hybridized carbons (Fsp3) is 0.571. The van der Waals surface area contributed by atoms with Crippen molar-refractivity contribution in [2.24, 2.45) is 0 Å². The molecule has 19 heavy (non-hydrogen) atoms. The Hall–Kier alpha value is -1.78. The Labute approximate surface area is 114 Å². The zero-order valence-electron chi connectivity index (χ0n) is 12.1. The van der Waals surface area contributed by atoms with Crippen LogP contribution in [0.25, 0.3) is 0 Å². The number of hydrogen-bond acceptors (Lipinski definition) is 3. The first-order valence-electron chi connectivity index (χ1n) is 6.75. The van der Waals surface area contributed by atoms with E-state index in [2.05, 4.69) is 0 Å². The van der Waals surface area contributed by atoms with Gasteiger partial charge in [0.05, 0.1) is 11.1 Å². The van der Waals surface area contributed by atoms with E-state index < -0.39 is 0 Å². The number of nitrogens with zero attached hydrogens (tertiary/aromatic N) is 2. The average molecular weight is 266 g/mol. The Morgan fingerprint density at radius 3 is 1.42 bits per heavy atom. The molecule has 1 heterocycles. The Morgan fingerprint density at radius 1 is 0.842 bits per heavy atom. The molecule has 0 unspecified atom stereocenters. The predicted octanol–water partition coefficient (Wildman–Crippen LogP) is 2.24. The molecule has 0 saturated carbocycles. The van der Waals surface area contributed by atoms with Crippen molar-refractivity contribution in [2.75, 3.05) is 26.2 Å². The molecule has 2 amide bonds. The first-order valence-corrected chi connectivity index (χ1v) is 6.75. The minimum atomic E-state index is -0.158. The zero-order valence-corrected chi connectivity index (χ0v) is 12.1. The first kappa shape index (κ1) is 15.3. The van der Waals surface area contributed by atoms with Gasteiger partial charge in [-0.2, -0.15) is 0 Å². The standard InChI is InChI=1S/C14H22N2O3/c1-5-15(6-2)13(17)11-9-19-10-12(11)14(18)16(7-3)8-4/h9-10H,5-8H2,1-4H3. The topological polar surface area (TPSA) is 53.8 Å². The maximum atomic E-state index is 12.3. The third kappa shape index (κ3) is 3.16. The van der Waals surface area contributed by atoms with Gasteiger partial charge in [-0.15, -0.1) is 0 Å². The van der Waals surface area contributed by atoms with Crippen molar-refractivity contribution in [3.8, 4) is 0 Å². The third-order valence-corrected chi connectivity index (χ3v) is 3.22. The van der Waals surface area contributed by atoms with Crippen LogP contribution in [0.2, 0.25) is 0 Å². The van der Waals surface area contributed by atoms with Gasteiger partial charge in [0.25, 0.3) is 11.8 Å². The fourth-order valence-electron chi connectivity index (χ4n) is 1.99. The number of amides is 2. The largest absolute Gasteiger partial charge is 0.471 e. The summed E-state index contributed by atoms with van der Waals surface area (Å²) in [4.78, 5) is 27.9. The Balaban J connectivity index is 3.04. The third-order valence-electron chi connectivity index (χ3n) is 3.22. The molecule has 1 aromatic rings. The summed E-state index contributed by atoms with van der Waals surface area (Å²) in [7, 11) is 0. The van der Waals surface area contributed by atoms with E-state index in [-0.39, 0.29) is 11.8 Å². The maximum Gasteiger partial charge on any atom is 0.257 e. The first-order chi connectivity index (χ1) is 9.10. The lowest BCUT2D eigenvalue weighted by Crippen LogP contribution is -2.34. The highest BCUT2D eigenvalue weighted by Gasteiger charge is 2.24. The van der Waals surface area contributed by atoms with E-state index in [9.17, 15) is 9.59 Å². The molecule has 5 heteroatoms. The quantitative estimate of drug-likeness (QED) is 0.793. The molecule has 0 aromatic carbocycles. The van der Waals surface area contributed by atoms with Gasteiger partial charge >= 0.3 is 0 Å². The summed E-state index contributed by atoms with van der Waals surface area (Å²) < 4.78 is 5.07. The highest BCUT2D eigenvalue weighted by molar-refractivity contribution is 6.06. The smallest absolute Gasteiger partial charge is 0.257 e. The number of furan rings is 1. The van der Waals surface area contributed by atoms with E-state index in [4.69, 9.17) is 4.42 Å². The lowest BCUT2D eigenvalue weighted by Gasteiger charge is -2.21. The number of hydrogen-bond donors (Lipinski definition) is 0. The molecule has 0 aliphatic rings. The molecule has 0 saturated heterocycles. The van der Waals surface area contributed by atoms with Crippen LogP contribution in [0.4, 0.5) is 0 Å². The van der Waals surface area contributed by atoms with Gasteiger partial charge in [0.1, 0.15) is 12.5 Å². The lowest BCUT2D eigenvalue weighted by molar-refractivity contribution is 0.0735. The summed E-state index contributed by atoms with van der Waals surface area (Å²) in [6, 6.07) is 0. The van der Waals surface area contributed by atoms with Crippen LogP contribution in [0.3, 0.4) is 0 Å². The van der Waals surface area contributed by atoms with E-state index in [0.29, 0.717) is 37.3 Å². The summed E-state index contributed by atoms with van der Waals surface area (Å²) in [6.07, 6.45) is 2.72. The van der Waals surface area contributed by atoms with E-state index in [1.54, 1.807) is 9.80 Å². The minimum Gasteiger partial charge on any atom is -0.471 e. The van der Waals surface area contributed by atoms with Gasteiger partial charge in [0, 0.05) is 26.2 Å². The monoisotopic (exact) mass is 266 g/mol. The molecule has 0 aliphatic carbocycles. The molecule has 106 valence electrons. The summed E-state index contributed by atoms with van der Waals surface area (Å²) in [5.74, 6) is -0.316. The SMILES string of the molecule is CCN(CC)C(=O)c1cocc1C(=O)N(CC)CC. The second kappa shape index (κ2) is 6.97. The Morgan fingerprint density at radius 2 is 1.16 bits per heavy atom. The zero-order chi connectivity index (χ0) is 14.4. The van der Waals surface area contributed by atoms with E-state index in [0.717, 1.165) is 0 Å². The molecule has 0 N–H and O–H groups in total. The van der Waals surface area contributed by atoms with Gasteiger partial charge in [-0.05, 0) is 27.7 Å². The Kier molecular flexibility index (Phi) is 5.60. The van der Waals surface area contributed by atoms with Crippen LogP contribution >= 0.6 is 0 Å². The van der Waals surface area contributed by atoms with E-state index in [1.807, 2.05) is 27.7 Å². The normalized spacial score (nSPS) is 10.3. The summed E-state index contributed by atoms with van der Waals surface area (Å²) in [6.45, 7) is 10.1. The molecule has 0 bridgehead atoms. The molecule has 1 aromatic heterocycles. The van der Waals surface area contributed by atoms with Crippen LogP contribution in [0.5, 0.6) is 0 Å². The van der Waals surface area contributed by atoms with Crippen LogP contribution < -0.4 is 0 Å². The molecular formula is C14H22N2O3. The van der Waals surface area contributed by atoms with E-state index >= 15 is 0 Å². The van der Waals surface area contributed by atoms with Crippen LogP contribution in [-0.4, -0.2) is 47.8 Å². The lowest BCUT2D eigenvalue weighted by atomic mass is 10.1. The van der Waals surface area contributed by atoms with Crippen molar-refractivity contribution in [3.05, 3.63) is 23.7 Å². The molecule has 5 nitrogen and oxygen atoms in total. The molecule has 0 fully saturated rings. The predicted molar refractivity (Wildman–Crippen MR) is 73.2 cm³/mol. The van der Waals surface area contributed by atoms with Gasteiger partial charge in [0.2, 0.25) is 0 Å². The van der Waals surface area contributed by atoms with Crippen molar-refractivity contribution < 1.29 is 14.0 Å². The average Bonchev–Trinajstić information content (AvgIpc) is 2.90. The van der Waals surface area contributed by atoms with Crippen molar-refractivity contribution in [2.45, 2.75) is 27.7 Å². The van der Waals surface area contributed by atoms with Crippen molar-refractivity contribution in [3.63, 3.8) is 0 Å². The number of rotatable bonds is 6. The highest BCUT2D eigenvalue weighted by Crippen LogP contribution is 2.16. The van der Waals surface area contributed by atoms with Crippen LogP contribution in [0, 0.1) is 0 Å². The van der Waals surface area contributed by atoms with Crippen LogP contribution in [0.1, 0.15) is 48.4 Å². The molecular weight excluding hydrogens is 244 g/mol.